The zero-order valence-electron chi connectivity index (χ0n) is 17.4. The van der Waals surface area contributed by atoms with Gasteiger partial charge >= 0.3 is 122 Å². The van der Waals surface area contributed by atoms with Crippen molar-refractivity contribution in [2.45, 2.75) is 12.8 Å². The first-order chi connectivity index (χ1) is 13.1. The van der Waals surface area contributed by atoms with E-state index in [0.717, 1.165) is 51.4 Å². The van der Waals surface area contributed by atoms with E-state index in [4.69, 9.17) is 0 Å². The maximum atomic E-state index is 12.5. The summed E-state index contributed by atoms with van der Waals surface area (Å²) in [4.78, 5) is 19.2. The van der Waals surface area contributed by atoms with Gasteiger partial charge < -0.3 is 16.4 Å². The summed E-state index contributed by atoms with van der Waals surface area (Å²) in [5, 5.41) is 0. The molecule has 162 valence electrons. The maximum absolute atomic E-state index is 12.5. The van der Waals surface area contributed by atoms with Gasteiger partial charge in [0, 0.05) is 6.54 Å². The Morgan fingerprint density at radius 3 is 1.97 bits per heavy atom. The van der Waals surface area contributed by atoms with Crippen LogP contribution in [0.3, 0.4) is 0 Å². The first-order valence-corrected chi connectivity index (χ1v) is 10.7. The Kier molecular flexibility index (Phi) is 13.5. The van der Waals surface area contributed by atoms with Gasteiger partial charge in [-0.15, -0.1) is 0 Å². The molecule has 0 aliphatic carbocycles. The Labute approximate surface area is 187 Å². The van der Waals surface area contributed by atoms with E-state index in [1.165, 1.54) is 9.96 Å². The topological polar surface area (TPSA) is 117 Å². The first-order valence-electron chi connectivity index (χ1n) is 9.69. The van der Waals surface area contributed by atoms with Crippen LogP contribution in [-0.2, 0) is 11.2 Å². The van der Waals surface area contributed by atoms with E-state index in [2.05, 4.69) is 56.6 Å². The van der Waals surface area contributed by atoms with Gasteiger partial charge in [-0.3, -0.25) is 0 Å². The van der Waals surface area contributed by atoms with Gasteiger partial charge in [0.2, 0.25) is 0 Å². The van der Waals surface area contributed by atoms with Crippen LogP contribution >= 0.6 is 0 Å². The van der Waals surface area contributed by atoms with Crippen LogP contribution in [0.25, 0.3) is 0 Å². The number of nitrogens with zero attached hydrogens (tertiary/aromatic N) is 3. The normalized spacial score (nSPS) is 14.1. The van der Waals surface area contributed by atoms with Crippen molar-refractivity contribution in [1.29, 1.82) is 0 Å². The molecule has 3 rings (SSSR count). The Morgan fingerprint density at radius 2 is 1.40 bits per heavy atom. The third-order valence-corrected chi connectivity index (χ3v) is 5.99. The van der Waals surface area contributed by atoms with Gasteiger partial charge in [0.1, 0.15) is 0 Å². The SMILES string of the molecule is CN(C(=O)CCN1CCN(CCc2ccccc2)CC1)c1cc[c]([Ge+3])cc1.[OH-].[OH-].[OH-]. The summed E-state index contributed by atoms with van der Waals surface area (Å²) in [6, 6.07) is 18.8. The number of anilines is 1. The van der Waals surface area contributed by atoms with Gasteiger partial charge in [-0.1, -0.05) is 30.3 Å². The molecule has 7 nitrogen and oxygen atoms in total. The van der Waals surface area contributed by atoms with Gasteiger partial charge in [0.15, 0.2) is 0 Å². The van der Waals surface area contributed by atoms with Gasteiger partial charge in [0.25, 0.3) is 0 Å². The van der Waals surface area contributed by atoms with Crippen molar-refractivity contribution in [3.63, 3.8) is 0 Å². The van der Waals surface area contributed by atoms with Gasteiger partial charge in [0.05, 0.1) is 0 Å². The number of hydrogen-bond donors (Lipinski definition) is 0. The van der Waals surface area contributed by atoms with Crippen LogP contribution in [0.1, 0.15) is 12.0 Å². The molecule has 0 atom stereocenters. The fraction of sp³-hybridized carbons (Fsp3) is 0.409. The quantitative estimate of drug-likeness (QED) is 0.557. The van der Waals surface area contributed by atoms with Gasteiger partial charge in [-0.2, -0.15) is 0 Å². The number of carbonyl (C=O) groups is 1. The molecular weight excluding hydrogens is 443 g/mol. The van der Waals surface area contributed by atoms with Crippen molar-refractivity contribution in [3.05, 3.63) is 60.2 Å². The molecule has 30 heavy (non-hydrogen) atoms. The predicted octanol–water partition coefficient (Wildman–Crippen LogP) is 1.16. The molecular formula is C22H31GeN3O4. The third kappa shape index (κ3) is 8.55. The predicted molar refractivity (Wildman–Crippen MR) is 119 cm³/mol. The van der Waals surface area contributed by atoms with Crippen LogP contribution in [0.4, 0.5) is 5.69 Å². The minimum absolute atomic E-state index is 0. The summed E-state index contributed by atoms with van der Waals surface area (Å²) in [5.74, 6) is 0.186. The average Bonchev–Trinajstić information content (AvgIpc) is 2.72. The fourth-order valence-electron chi connectivity index (χ4n) is 3.42. The number of piperazine rings is 1. The van der Waals surface area contributed by atoms with E-state index in [1.807, 2.05) is 31.3 Å². The van der Waals surface area contributed by atoms with Gasteiger partial charge in [-0.25, -0.2) is 0 Å². The minimum Gasteiger partial charge on any atom is -0.870 e. The molecule has 8 heteroatoms. The Hall–Kier alpha value is -1.75. The average molecular weight is 474 g/mol. The van der Waals surface area contributed by atoms with Crippen molar-refractivity contribution >= 4 is 32.5 Å². The minimum atomic E-state index is 0. The molecule has 1 aliphatic heterocycles. The molecule has 0 spiro atoms. The summed E-state index contributed by atoms with van der Waals surface area (Å²) in [6.07, 6.45) is 1.69. The Bertz CT molecular complexity index is 723. The van der Waals surface area contributed by atoms with E-state index in [9.17, 15) is 4.79 Å². The second-order valence-electron chi connectivity index (χ2n) is 7.17. The largest absolute Gasteiger partial charge is 0.870 e. The molecule has 0 radical (unpaired) electrons. The molecule has 1 aliphatic rings. The van der Waals surface area contributed by atoms with E-state index in [1.54, 1.807) is 4.90 Å². The summed E-state index contributed by atoms with van der Waals surface area (Å²) < 4.78 is 1.21. The molecule has 1 amide bonds. The smallest absolute Gasteiger partial charge is 0.870 e. The third-order valence-electron chi connectivity index (χ3n) is 5.30. The number of carbonyl (C=O) groups excluding carboxylic acids is 1. The van der Waals surface area contributed by atoms with Crippen molar-refractivity contribution in [3.8, 4) is 0 Å². The molecule has 0 unspecified atom stereocenters. The van der Waals surface area contributed by atoms with Gasteiger partial charge in [-0.05, 0) is 12.0 Å². The molecule has 0 saturated carbocycles. The monoisotopic (exact) mass is 475 g/mol. The zero-order chi connectivity index (χ0) is 19.1. The van der Waals surface area contributed by atoms with Crippen LogP contribution < -0.4 is 9.30 Å². The summed E-state index contributed by atoms with van der Waals surface area (Å²) >= 11 is 2.06. The maximum Gasteiger partial charge on any atom is -0.870 e. The van der Waals surface area contributed by atoms with Crippen molar-refractivity contribution < 1.29 is 21.2 Å². The Morgan fingerprint density at radius 1 is 0.867 bits per heavy atom. The number of benzene rings is 2. The zero-order valence-corrected chi connectivity index (χ0v) is 19.5. The van der Waals surface area contributed by atoms with Crippen molar-refractivity contribution in [2.75, 3.05) is 51.2 Å². The number of rotatable bonds is 7. The van der Waals surface area contributed by atoms with E-state index < -0.39 is 0 Å². The fourth-order valence-corrected chi connectivity index (χ4v) is 3.77. The van der Waals surface area contributed by atoms with Crippen LogP contribution in [0.5, 0.6) is 0 Å². The molecule has 2 aromatic carbocycles. The molecule has 1 heterocycles. The van der Waals surface area contributed by atoms with Crippen LogP contribution in [0, 0.1) is 0 Å². The summed E-state index contributed by atoms with van der Waals surface area (Å²) in [6.45, 7) is 6.25. The Balaban J connectivity index is 0.00000280. The molecule has 2 aromatic rings. The number of hydrogen-bond acceptors (Lipinski definition) is 6. The number of amides is 1. The van der Waals surface area contributed by atoms with E-state index in [0.29, 0.717) is 6.42 Å². The molecule has 1 saturated heterocycles. The van der Waals surface area contributed by atoms with Crippen molar-refractivity contribution in [2.24, 2.45) is 0 Å². The molecule has 0 bridgehead atoms. The van der Waals surface area contributed by atoms with Crippen molar-refractivity contribution in [1.82, 2.24) is 9.80 Å². The first kappa shape index (κ1) is 28.3. The van der Waals surface area contributed by atoms with Crippen LogP contribution in [-0.4, -0.2) is 95.0 Å². The van der Waals surface area contributed by atoms with E-state index >= 15 is 0 Å². The molecule has 0 aromatic heterocycles. The van der Waals surface area contributed by atoms with Crippen LogP contribution in [0.15, 0.2) is 54.6 Å². The summed E-state index contributed by atoms with van der Waals surface area (Å²) in [7, 11) is 1.87. The van der Waals surface area contributed by atoms with E-state index in [-0.39, 0.29) is 22.3 Å². The second-order valence-corrected chi connectivity index (χ2v) is 8.38. The molecule has 1 fully saturated rings. The summed E-state index contributed by atoms with van der Waals surface area (Å²) in [5.41, 5.74) is 2.38. The van der Waals surface area contributed by atoms with Crippen LogP contribution in [0.2, 0.25) is 0 Å². The molecule has 3 N–H and O–H groups in total. The standard InChI is InChI=1S/C22H28GeN3O.3H2O/c1-24(21-9-7-20(23)8-10-21)22(27)12-14-26-17-15-25(16-18-26)13-11-19-5-3-2-4-6-19;;;/h2-10H,11-18H2,1H3;3*1H2/q+3;;;/p-3. The second kappa shape index (κ2) is 14.3.